The second kappa shape index (κ2) is 8.62. The van der Waals surface area contributed by atoms with Crippen molar-refractivity contribution in [3.05, 3.63) is 58.5 Å². The fourth-order valence-electron chi connectivity index (χ4n) is 3.27. The van der Waals surface area contributed by atoms with E-state index in [1.54, 1.807) is 13.2 Å². The third kappa shape index (κ3) is 4.18. The Morgan fingerprint density at radius 3 is 2.83 bits per heavy atom. The lowest BCUT2D eigenvalue weighted by Gasteiger charge is -2.10. The predicted octanol–water partition coefficient (Wildman–Crippen LogP) is 4.36. The van der Waals surface area contributed by atoms with Crippen molar-refractivity contribution in [2.45, 2.75) is 24.9 Å². The maximum absolute atomic E-state index is 12.5. The van der Waals surface area contributed by atoms with Crippen molar-refractivity contribution in [2.24, 2.45) is 0 Å². The lowest BCUT2D eigenvalue weighted by atomic mass is 10.1. The first kappa shape index (κ1) is 20.0. The van der Waals surface area contributed by atoms with Gasteiger partial charge < -0.3 is 19.5 Å². The van der Waals surface area contributed by atoms with Crippen LogP contribution in [0, 0.1) is 0 Å². The van der Waals surface area contributed by atoms with Gasteiger partial charge in [0.25, 0.3) is 5.56 Å². The lowest BCUT2D eigenvalue weighted by molar-refractivity contribution is -0.113. The van der Waals surface area contributed by atoms with Crippen LogP contribution in [-0.4, -0.2) is 28.7 Å². The van der Waals surface area contributed by atoms with Crippen molar-refractivity contribution in [3.63, 3.8) is 0 Å². The van der Waals surface area contributed by atoms with Crippen molar-refractivity contribution in [2.75, 3.05) is 18.2 Å². The minimum absolute atomic E-state index is 0.0971. The third-order valence-corrected chi connectivity index (χ3v) is 5.47. The summed E-state index contributed by atoms with van der Waals surface area (Å²) in [5, 5.41) is 5.20. The van der Waals surface area contributed by atoms with Crippen LogP contribution in [0.25, 0.3) is 21.9 Å². The number of amides is 1. The van der Waals surface area contributed by atoms with Crippen molar-refractivity contribution in [1.29, 1.82) is 0 Å². The number of furan rings is 1. The molecule has 2 aromatic carbocycles. The van der Waals surface area contributed by atoms with Crippen LogP contribution in [0.3, 0.4) is 0 Å². The number of benzene rings is 2. The van der Waals surface area contributed by atoms with Gasteiger partial charge in [0.2, 0.25) is 5.91 Å². The molecule has 30 heavy (non-hydrogen) atoms. The normalized spacial score (nSPS) is 11.1. The molecule has 0 aliphatic carbocycles. The number of nitrogens with zero attached hydrogens (tertiary/aromatic N) is 1. The van der Waals surface area contributed by atoms with Gasteiger partial charge in [-0.25, -0.2) is 4.98 Å². The first-order chi connectivity index (χ1) is 14.6. The van der Waals surface area contributed by atoms with Crippen molar-refractivity contribution >= 4 is 45.3 Å². The molecular weight excluding hydrogens is 402 g/mol. The summed E-state index contributed by atoms with van der Waals surface area (Å²) in [5.41, 5.74) is 2.47. The Morgan fingerprint density at radius 1 is 1.20 bits per heavy atom. The first-order valence-corrected chi connectivity index (χ1v) is 10.6. The third-order valence-electron chi connectivity index (χ3n) is 4.59. The number of hydrogen-bond acceptors (Lipinski definition) is 6. The molecule has 0 radical (unpaired) electrons. The number of aryl methyl sites for hydroxylation is 1. The molecule has 0 spiro atoms. The van der Waals surface area contributed by atoms with E-state index in [9.17, 15) is 9.59 Å². The van der Waals surface area contributed by atoms with E-state index in [0.717, 1.165) is 34.9 Å². The SMILES string of the molecule is CCCc1cc(=O)[nH]c(SCC(=O)Nc2cc3oc4ccccc4c3cc2OC)n1. The average molecular weight is 423 g/mol. The van der Waals surface area contributed by atoms with Crippen LogP contribution >= 0.6 is 11.8 Å². The molecule has 0 fully saturated rings. The summed E-state index contributed by atoms with van der Waals surface area (Å²) in [6, 6.07) is 12.9. The monoisotopic (exact) mass is 423 g/mol. The summed E-state index contributed by atoms with van der Waals surface area (Å²) < 4.78 is 11.4. The van der Waals surface area contributed by atoms with E-state index in [1.165, 1.54) is 17.8 Å². The van der Waals surface area contributed by atoms with Crippen LogP contribution in [0.2, 0.25) is 0 Å². The molecule has 0 atom stereocenters. The molecular formula is C22H21N3O4S. The molecule has 7 nitrogen and oxygen atoms in total. The highest BCUT2D eigenvalue weighted by Gasteiger charge is 2.14. The van der Waals surface area contributed by atoms with E-state index in [-0.39, 0.29) is 17.2 Å². The largest absolute Gasteiger partial charge is 0.495 e. The van der Waals surface area contributed by atoms with Crippen LogP contribution in [0.5, 0.6) is 5.75 Å². The number of thioether (sulfide) groups is 1. The number of hydrogen-bond donors (Lipinski definition) is 2. The Balaban J connectivity index is 1.53. The number of methoxy groups -OCH3 is 1. The van der Waals surface area contributed by atoms with Gasteiger partial charge in [-0.15, -0.1) is 0 Å². The minimum Gasteiger partial charge on any atom is -0.495 e. The first-order valence-electron chi connectivity index (χ1n) is 9.59. The van der Waals surface area contributed by atoms with Crippen LogP contribution in [0.1, 0.15) is 19.0 Å². The maximum Gasteiger partial charge on any atom is 0.251 e. The number of para-hydroxylation sites is 1. The van der Waals surface area contributed by atoms with E-state index in [2.05, 4.69) is 15.3 Å². The molecule has 0 saturated carbocycles. The molecule has 0 bridgehead atoms. The summed E-state index contributed by atoms with van der Waals surface area (Å²) >= 11 is 1.18. The second-order valence-corrected chi connectivity index (χ2v) is 7.74. The highest BCUT2D eigenvalue weighted by atomic mass is 32.2. The van der Waals surface area contributed by atoms with Crippen LogP contribution in [0.15, 0.2) is 56.8 Å². The molecule has 154 valence electrons. The Morgan fingerprint density at radius 2 is 2.03 bits per heavy atom. The van der Waals surface area contributed by atoms with E-state index >= 15 is 0 Å². The second-order valence-electron chi connectivity index (χ2n) is 6.78. The topological polar surface area (TPSA) is 97.2 Å². The van der Waals surface area contributed by atoms with Crippen LogP contribution < -0.4 is 15.6 Å². The fourth-order valence-corrected chi connectivity index (χ4v) is 3.97. The van der Waals surface area contributed by atoms with Gasteiger partial charge in [-0.3, -0.25) is 9.59 Å². The Bertz CT molecular complexity index is 1280. The molecule has 4 aromatic rings. The standard InChI is InChI=1S/C22H21N3O4S/c1-3-6-13-9-20(26)25-22(23-13)30-12-21(27)24-16-11-18-15(10-19(16)28-2)14-7-4-5-8-17(14)29-18/h4-5,7-11H,3,6,12H2,1-2H3,(H,24,27)(H,23,25,26). The molecule has 0 aliphatic heterocycles. The van der Waals surface area contributed by atoms with E-state index in [1.807, 2.05) is 37.3 Å². The summed E-state index contributed by atoms with van der Waals surface area (Å²) in [6.45, 7) is 2.02. The summed E-state index contributed by atoms with van der Waals surface area (Å²) in [5.74, 6) is 0.404. The summed E-state index contributed by atoms with van der Waals surface area (Å²) in [6.07, 6.45) is 1.61. The average Bonchev–Trinajstić information content (AvgIpc) is 3.09. The molecule has 0 unspecified atom stereocenters. The van der Waals surface area contributed by atoms with Crippen molar-refractivity contribution in [1.82, 2.24) is 9.97 Å². The number of nitrogens with one attached hydrogen (secondary N) is 2. The summed E-state index contributed by atoms with van der Waals surface area (Å²) in [7, 11) is 1.56. The van der Waals surface area contributed by atoms with Gasteiger partial charge >= 0.3 is 0 Å². The zero-order valence-corrected chi connectivity index (χ0v) is 17.5. The number of carbonyl (C=O) groups excluding carboxylic acids is 1. The van der Waals surface area contributed by atoms with E-state index in [4.69, 9.17) is 9.15 Å². The lowest BCUT2D eigenvalue weighted by Crippen LogP contribution is -2.16. The number of rotatable bonds is 7. The smallest absolute Gasteiger partial charge is 0.251 e. The van der Waals surface area contributed by atoms with E-state index in [0.29, 0.717) is 22.2 Å². The molecule has 1 amide bonds. The molecule has 0 saturated heterocycles. The highest BCUT2D eigenvalue weighted by Crippen LogP contribution is 2.36. The van der Waals surface area contributed by atoms with Gasteiger partial charge in [0.05, 0.1) is 18.6 Å². The van der Waals surface area contributed by atoms with Gasteiger partial charge in [0, 0.05) is 28.6 Å². The number of aromatic nitrogens is 2. The zero-order valence-electron chi connectivity index (χ0n) is 16.7. The molecule has 4 rings (SSSR count). The molecule has 2 N–H and O–H groups in total. The number of carbonyl (C=O) groups is 1. The van der Waals surface area contributed by atoms with Crippen LogP contribution in [0.4, 0.5) is 5.69 Å². The summed E-state index contributed by atoms with van der Waals surface area (Å²) in [4.78, 5) is 31.3. The highest BCUT2D eigenvalue weighted by molar-refractivity contribution is 7.99. The molecule has 0 aliphatic rings. The Labute approximate surface area is 176 Å². The Kier molecular flexibility index (Phi) is 5.76. The van der Waals surface area contributed by atoms with Crippen LogP contribution in [-0.2, 0) is 11.2 Å². The number of ether oxygens (including phenoxy) is 1. The number of H-pyrrole nitrogens is 1. The van der Waals surface area contributed by atoms with Gasteiger partial charge in [-0.1, -0.05) is 43.3 Å². The van der Waals surface area contributed by atoms with Gasteiger partial charge in [0.1, 0.15) is 16.9 Å². The number of fused-ring (bicyclic) bond motifs is 3. The van der Waals surface area contributed by atoms with Crippen molar-refractivity contribution < 1.29 is 13.9 Å². The van der Waals surface area contributed by atoms with Gasteiger partial charge in [-0.05, 0) is 18.6 Å². The zero-order chi connectivity index (χ0) is 21.1. The van der Waals surface area contributed by atoms with Gasteiger partial charge in [0.15, 0.2) is 5.16 Å². The van der Waals surface area contributed by atoms with Gasteiger partial charge in [-0.2, -0.15) is 0 Å². The molecule has 2 heterocycles. The number of aromatic amines is 1. The quantitative estimate of drug-likeness (QED) is 0.339. The van der Waals surface area contributed by atoms with Crippen molar-refractivity contribution in [3.8, 4) is 5.75 Å². The maximum atomic E-state index is 12.5. The van der Waals surface area contributed by atoms with E-state index < -0.39 is 0 Å². The molecule has 8 heteroatoms. The predicted molar refractivity (Wildman–Crippen MR) is 118 cm³/mol. The fraction of sp³-hybridized carbons (Fsp3) is 0.227. The molecule has 2 aromatic heterocycles. The Hall–Kier alpha value is -3.26. The number of anilines is 1. The minimum atomic E-state index is -0.239.